The summed E-state index contributed by atoms with van der Waals surface area (Å²) in [4.78, 5) is 31.4. The third-order valence-electron chi connectivity index (χ3n) is 3.63. The minimum Gasteiger partial charge on any atom is -0.339 e. The maximum Gasteiger partial charge on any atom is 0.275 e. The molecule has 1 aromatic heterocycles. The summed E-state index contributed by atoms with van der Waals surface area (Å²) >= 11 is 0. The number of carbonyl (C=O) groups is 2. The number of rotatable bonds is 5. The van der Waals surface area contributed by atoms with Crippen molar-refractivity contribution >= 4 is 28.9 Å². The van der Waals surface area contributed by atoms with E-state index in [0.29, 0.717) is 17.1 Å². The van der Waals surface area contributed by atoms with E-state index in [0.717, 1.165) is 12.1 Å². The van der Waals surface area contributed by atoms with E-state index in [1.807, 2.05) is 0 Å². The number of anilines is 3. The molecule has 1 heterocycles. The second-order valence-electron chi connectivity index (χ2n) is 5.63. The summed E-state index contributed by atoms with van der Waals surface area (Å²) in [7, 11) is 0. The highest BCUT2D eigenvalue weighted by Gasteiger charge is 2.10. The van der Waals surface area contributed by atoms with Gasteiger partial charge in [-0.15, -0.1) is 0 Å². The molecular formula is C19H14F2N4O2. The quantitative estimate of drug-likeness (QED) is 0.666. The van der Waals surface area contributed by atoms with Crippen LogP contribution in [0.3, 0.4) is 0 Å². The smallest absolute Gasteiger partial charge is 0.275 e. The second-order valence-corrected chi connectivity index (χ2v) is 5.63. The highest BCUT2D eigenvalue weighted by molar-refractivity contribution is 6.02. The summed E-state index contributed by atoms with van der Waals surface area (Å²) in [5.74, 6) is -2.30. The van der Waals surface area contributed by atoms with E-state index in [2.05, 4.69) is 20.6 Å². The molecule has 2 aromatic carbocycles. The van der Waals surface area contributed by atoms with Gasteiger partial charge in [0.25, 0.3) is 5.91 Å². The molecule has 27 heavy (non-hydrogen) atoms. The van der Waals surface area contributed by atoms with Gasteiger partial charge in [-0.25, -0.2) is 18.7 Å². The first-order valence-electron chi connectivity index (χ1n) is 7.89. The van der Waals surface area contributed by atoms with Crippen LogP contribution in [0.2, 0.25) is 0 Å². The predicted octanol–water partition coefficient (Wildman–Crippen LogP) is 3.95. The Hall–Kier alpha value is -3.68. The van der Waals surface area contributed by atoms with Gasteiger partial charge >= 0.3 is 0 Å². The number of hydrogen-bond donors (Lipinski definition) is 2. The number of benzene rings is 2. The van der Waals surface area contributed by atoms with Crippen molar-refractivity contribution in [2.75, 3.05) is 10.6 Å². The summed E-state index contributed by atoms with van der Waals surface area (Å²) in [6.45, 7) is 1.48. The summed E-state index contributed by atoms with van der Waals surface area (Å²) in [5, 5.41) is 5.40. The van der Waals surface area contributed by atoms with Crippen LogP contribution >= 0.6 is 0 Å². The zero-order valence-electron chi connectivity index (χ0n) is 14.2. The minimum atomic E-state index is -1.06. The minimum absolute atomic E-state index is 0.0113. The first-order chi connectivity index (χ1) is 12.9. The number of Topliss-reactive ketones (excluding diaryl/α,β-unsaturated/α-hetero) is 1. The molecule has 0 fully saturated rings. The van der Waals surface area contributed by atoms with Crippen LogP contribution in [0.25, 0.3) is 0 Å². The summed E-state index contributed by atoms with van der Waals surface area (Å²) in [5.41, 5.74) is 1.41. The molecule has 0 aliphatic heterocycles. The van der Waals surface area contributed by atoms with Crippen molar-refractivity contribution in [2.24, 2.45) is 0 Å². The molecule has 0 aliphatic rings. The lowest BCUT2D eigenvalue weighted by molar-refractivity contribution is 0.101. The van der Waals surface area contributed by atoms with Gasteiger partial charge < -0.3 is 10.6 Å². The van der Waals surface area contributed by atoms with Gasteiger partial charge in [0.2, 0.25) is 0 Å². The Morgan fingerprint density at radius 3 is 2.19 bits per heavy atom. The molecule has 2 N–H and O–H groups in total. The molecule has 8 heteroatoms. The van der Waals surface area contributed by atoms with Crippen LogP contribution in [0.5, 0.6) is 0 Å². The Kier molecular flexibility index (Phi) is 5.16. The van der Waals surface area contributed by atoms with Crippen molar-refractivity contribution in [1.82, 2.24) is 9.97 Å². The topological polar surface area (TPSA) is 84.0 Å². The molecular weight excluding hydrogens is 354 g/mol. The number of nitrogens with zero attached hydrogens (tertiary/aromatic N) is 2. The maximum absolute atomic E-state index is 13.2. The van der Waals surface area contributed by atoms with E-state index in [9.17, 15) is 18.4 Å². The average molecular weight is 368 g/mol. The molecule has 0 radical (unpaired) electrons. The van der Waals surface area contributed by atoms with E-state index < -0.39 is 17.5 Å². The Balaban J connectivity index is 1.66. The van der Waals surface area contributed by atoms with Gasteiger partial charge in [0.1, 0.15) is 11.5 Å². The zero-order valence-corrected chi connectivity index (χ0v) is 14.2. The van der Waals surface area contributed by atoms with Crippen LogP contribution in [0.15, 0.2) is 54.9 Å². The average Bonchev–Trinajstić information content (AvgIpc) is 2.66. The van der Waals surface area contributed by atoms with Gasteiger partial charge in [-0.3, -0.25) is 9.59 Å². The molecule has 0 saturated carbocycles. The van der Waals surface area contributed by atoms with Gasteiger partial charge in [-0.2, -0.15) is 0 Å². The zero-order chi connectivity index (χ0) is 19.4. The number of nitrogens with one attached hydrogen (secondary N) is 2. The Morgan fingerprint density at radius 1 is 0.889 bits per heavy atom. The summed E-state index contributed by atoms with van der Waals surface area (Å²) < 4.78 is 26.1. The lowest BCUT2D eigenvalue weighted by Gasteiger charge is -2.07. The summed E-state index contributed by atoms with van der Waals surface area (Å²) in [6, 6.07) is 9.85. The molecule has 0 atom stereocenters. The molecule has 0 bridgehead atoms. The number of ketones is 1. The molecule has 0 saturated heterocycles. The first kappa shape index (κ1) is 18.1. The third kappa shape index (κ3) is 4.49. The van der Waals surface area contributed by atoms with E-state index in [1.54, 1.807) is 24.3 Å². The fourth-order valence-electron chi connectivity index (χ4n) is 2.22. The fraction of sp³-hybridized carbons (Fsp3) is 0.0526. The largest absolute Gasteiger partial charge is 0.339 e. The van der Waals surface area contributed by atoms with Gasteiger partial charge in [0.15, 0.2) is 17.4 Å². The van der Waals surface area contributed by atoms with Crippen molar-refractivity contribution in [1.29, 1.82) is 0 Å². The van der Waals surface area contributed by atoms with Gasteiger partial charge in [0, 0.05) is 23.0 Å². The van der Waals surface area contributed by atoms with Gasteiger partial charge in [0.05, 0.1) is 12.4 Å². The normalized spacial score (nSPS) is 10.3. The molecule has 1 amide bonds. The van der Waals surface area contributed by atoms with E-state index in [-0.39, 0.29) is 17.2 Å². The van der Waals surface area contributed by atoms with Crippen molar-refractivity contribution in [3.05, 3.63) is 77.8 Å². The highest BCUT2D eigenvalue weighted by atomic mass is 19.2. The predicted molar refractivity (Wildman–Crippen MR) is 96.1 cm³/mol. The van der Waals surface area contributed by atoms with Crippen LogP contribution in [0, 0.1) is 11.6 Å². The van der Waals surface area contributed by atoms with Crippen molar-refractivity contribution in [3.8, 4) is 0 Å². The van der Waals surface area contributed by atoms with Crippen LogP contribution < -0.4 is 10.6 Å². The SMILES string of the molecule is CC(=O)c1ccc(Nc2cnc(C(=O)Nc3ccc(F)c(F)c3)cn2)cc1. The third-order valence-corrected chi connectivity index (χ3v) is 3.63. The standard InChI is InChI=1S/C19H14F2N4O2/c1-11(26)12-2-4-13(5-3-12)24-18-10-22-17(9-23-18)19(27)25-14-6-7-15(20)16(21)8-14/h2-10H,1H3,(H,23,24)(H,25,27). The maximum atomic E-state index is 13.2. The van der Waals surface area contributed by atoms with Crippen molar-refractivity contribution in [3.63, 3.8) is 0 Å². The molecule has 0 unspecified atom stereocenters. The molecule has 136 valence electrons. The number of halogens is 2. The molecule has 0 spiro atoms. The lowest BCUT2D eigenvalue weighted by atomic mass is 10.1. The monoisotopic (exact) mass is 368 g/mol. The number of carbonyl (C=O) groups excluding carboxylic acids is 2. The van der Waals surface area contributed by atoms with Crippen LogP contribution in [0.4, 0.5) is 26.0 Å². The Morgan fingerprint density at radius 2 is 1.59 bits per heavy atom. The molecule has 0 aliphatic carbocycles. The molecule has 3 rings (SSSR count). The van der Waals surface area contributed by atoms with E-state index in [4.69, 9.17) is 0 Å². The van der Waals surface area contributed by atoms with Crippen LogP contribution in [-0.4, -0.2) is 21.7 Å². The summed E-state index contributed by atoms with van der Waals surface area (Å²) in [6.07, 6.45) is 2.61. The van der Waals surface area contributed by atoms with Crippen molar-refractivity contribution < 1.29 is 18.4 Å². The Labute approximate surface area is 153 Å². The fourth-order valence-corrected chi connectivity index (χ4v) is 2.22. The Bertz CT molecular complexity index is 990. The lowest BCUT2D eigenvalue weighted by Crippen LogP contribution is -2.14. The number of amides is 1. The van der Waals surface area contributed by atoms with Gasteiger partial charge in [-0.05, 0) is 43.3 Å². The van der Waals surface area contributed by atoms with E-state index >= 15 is 0 Å². The number of hydrogen-bond acceptors (Lipinski definition) is 5. The molecule has 3 aromatic rings. The van der Waals surface area contributed by atoms with E-state index in [1.165, 1.54) is 25.4 Å². The van der Waals surface area contributed by atoms with Crippen LogP contribution in [0.1, 0.15) is 27.8 Å². The van der Waals surface area contributed by atoms with Crippen molar-refractivity contribution in [2.45, 2.75) is 6.92 Å². The molecule has 6 nitrogen and oxygen atoms in total. The second kappa shape index (κ2) is 7.69. The van der Waals surface area contributed by atoms with Gasteiger partial charge in [-0.1, -0.05) is 0 Å². The highest BCUT2D eigenvalue weighted by Crippen LogP contribution is 2.16. The van der Waals surface area contributed by atoms with Crippen LogP contribution in [-0.2, 0) is 0 Å². The first-order valence-corrected chi connectivity index (χ1v) is 7.89. The number of aromatic nitrogens is 2.